The Balaban J connectivity index is 2.09. The van der Waals surface area contributed by atoms with E-state index in [2.05, 4.69) is 5.32 Å². The molecule has 5 nitrogen and oxygen atoms in total. The van der Waals surface area contributed by atoms with Gasteiger partial charge in [-0.2, -0.15) is 0 Å². The summed E-state index contributed by atoms with van der Waals surface area (Å²) < 4.78 is 34.4. The van der Waals surface area contributed by atoms with Gasteiger partial charge < -0.3 is 10.1 Å². The highest BCUT2D eigenvalue weighted by Crippen LogP contribution is 2.23. The Bertz CT molecular complexity index is 1100. The normalized spacial score (nSPS) is 11.0. The summed E-state index contributed by atoms with van der Waals surface area (Å²) in [6.45, 7) is 4.46. The molecule has 0 amide bonds. The predicted octanol–water partition coefficient (Wildman–Crippen LogP) is 4.18. The van der Waals surface area contributed by atoms with E-state index < -0.39 is 17.4 Å². The van der Waals surface area contributed by atoms with Crippen LogP contribution >= 0.6 is 0 Å². The Kier molecular flexibility index (Phi) is 6.74. The van der Waals surface area contributed by atoms with Crippen LogP contribution in [0.15, 0.2) is 65.5 Å². The van der Waals surface area contributed by atoms with Crippen molar-refractivity contribution >= 4 is 11.6 Å². The number of carbonyl (C=O) groups is 1. The van der Waals surface area contributed by atoms with E-state index in [4.69, 9.17) is 4.74 Å². The van der Waals surface area contributed by atoms with Crippen LogP contribution in [0.25, 0.3) is 5.69 Å². The van der Waals surface area contributed by atoms with E-state index in [0.717, 1.165) is 12.1 Å². The number of pyridine rings is 1. The zero-order valence-electron chi connectivity index (χ0n) is 16.7. The maximum Gasteiger partial charge on any atom is 0.256 e. The Morgan fingerprint density at radius 2 is 1.73 bits per heavy atom. The SMILES string of the molecule is CC(C)OCCNc1c(C(=O)c2ccc(F)cc2F)ccc(=O)n1-c1ccccc1. The first-order valence-electron chi connectivity index (χ1n) is 9.55. The molecule has 0 spiro atoms. The Morgan fingerprint density at radius 3 is 2.40 bits per heavy atom. The van der Waals surface area contributed by atoms with Crippen LogP contribution in [0.2, 0.25) is 0 Å². The van der Waals surface area contributed by atoms with Gasteiger partial charge in [0.15, 0.2) is 5.78 Å². The van der Waals surface area contributed by atoms with Crippen LogP contribution in [0.5, 0.6) is 0 Å². The number of nitrogens with zero attached hydrogens (tertiary/aromatic N) is 1. The van der Waals surface area contributed by atoms with Gasteiger partial charge in [-0.15, -0.1) is 0 Å². The number of rotatable bonds is 8. The van der Waals surface area contributed by atoms with Gasteiger partial charge in [0.2, 0.25) is 0 Å². The van der Waals surface area contributed by atoms with E-state index in [-0.39, 0.29) is 28.6 Å². The third-order valence-corrected chi connectivity index (χ3v) is 4.37. The second-order valence-electron chi connectivity index (χ2n) is 6.90. The van der Waals surface area contributed by atoms with E-state index in [9.17, 15) is 18.4 Å². The largest absolute Gasteiger partial charge is 0.377 e. The number of ether oxygens (including phenoxy) is 1. The van der Waals surface area contributed by atoms with Crippen molar-refractivity contribution in [3.05, 3.63) is 93.8 Å². The minimum atomic E-state index is -0.966. The lowest BCUT2D eigenvalue weighted by Crippen LogP contribution is -2.26. The molecule has 3 aromatic rings. The topological polar surface area (TPSA) is 60.3 Å². The van der Waals surface area contributed by atoms with Crippen molar-refractivity contribution in [1.29, 1.82) is 0 Å². The van der Waals surface area contributed by atoms with Crippen molar-refractivity contribution in [2.75, 3.05) is 18.5 Å². The van der Waals surface area contributed by atoms with E-state index in [1.807, 2.05) is 13.8 Å². The van der Waals surface area contributed by atoms with Crippen LogP contribution in [0.1, 0.15) is 29.8 Å². The first kappa shape index (κ1) is 21.4. The van der Waals surface area contributed by atoms with Crippen LogP contribution < -0.4 is 10.9 Å². The van der Waals surface area contributed by atoms with Gasteiger partial charge >= 0.3 is 0 Å². The van der Waals surface area contributed by atoms with Crippen LogP contribution in [-0.2, 0) is 4.74 Å². The number of nitrogens with one attached hydrogen (secondary N) is 1. The van der Waals surface area contributed by atoms with Crippen molar-refractivity contribution in [3.63, 3.8) is 0 Å². The van der Waals surface area contributed by atoms with Gasteiger partial charge in [-0.3, -0.25) is 14.2 Å². The smallest absolute Gasteiger partial charge is 0.256 e. The average molecular weight is 412 g/mol. The maximum absolute atomic E-state index is 14.2. The molecule has 0 bridgehead atoms. The second kappa shape index (κ2) is 9.45. The third kappa shape index (κ3) is 4.80. The monoisotopic (exact) mass is 412 g/mol. The van der Waals surface area contributed by atoms with Crippen molar-refractivity contribution < 1.29 is 18.3 Å². The summed E-state index contributed by atoms with van der Waals surface area (Å²) in [6, 6.07) is 14.2. The molecule has 0 aliphatic carbocycles. The summed E-state index contributed by atoms with van der Waals surface area (Å²) in [6.07, 6.45) is 0.0216. The van der Waals surface area contributed by atoms with Gasteiger partial charge in [0.05, 0.1) is 29.5 Å². The number of hydrogen-bond donors (Lipinski definition) is 1. The molecule has 0 saturated heterocycles. The highest BCUT2D eigenvalue weighted by molar-refractivity contribution is 6.12. The number of para-hydroxylation sites is 1. The average Bonchev–Trinajstić information content (AvgIpc) is 2.71. The lowest BCUT2D eigenvalue weighted by Gasteiger charge is -2.19. The summed E-state index contributed by atoms with van der Waals surface area (Å²) in [5, 5.41) is 3.08. The molecule has 2 aromatic carbocycles. The first-order chi connectivity index (χ1) is 14.4. The second-order valence-corrected chi connectivity index (χ2v) is 6.90. The van der Waals surface area contributed by atoms with Crippen LogP contribution in [0, 0.1) is 11.6 Å². The number of halogens is 2. The minimum Gasteiger partial charge on any atom is -0.377 e. The lowest BCUT2D eigenvalue weighted by molar-refractivity contribution is 0.0869. The van der Waals surface area contributed by atoms with Crippen LogP contribution in [-0.4, -0.2) is 29.6 Å². The summed E-state index contributed by atoms with van der Waals surface area (Å²) in [5.74, 6) is -2.19. The molecule has 30 heavy (non-hydrogen) atoms. The zero-order chi connectivity index (χ0) is 21.7. The molecule has 1 aromatic heterocycles. The third-order valence-electron chi connectivity index (χ3n) is 4.37. The van der Waals surface area contributed by atoms with Crippen molar-refractivity contribution in [3.8, 4) is 5.69 Å². The number of anilines is 1. The molecule has 0 saturated carbocycles. The van der Waals surface area contributed by atoms with Crippen molar-refractivity contribution in [2.45, 2.75) is 20.0 Å². The van der Waals surface area contributed by atoms with Gasteiger partial charge in [0.25, 0.3) is 5.56 Å². The summed E-state index contributed by atoms with van der Waals surface area (Å²) in [4.78, 5) is 25.7. The molecule has 156 valence electrons. The van der Waals surface area contributed by atoms with Gasteiger partial charge in [-0.1, -0.05) is 18.2 Å². The van der Waals surface area contributed by atoms with E-state index in [1.54, 1.807) is 30.3 Å². The number of carbonyl (C=O) groups excluding carboxylic acids is 1. The Morgan fingerprint density at radius 1 is 1.03 bits per heavy atom. The van der Waals surface area contributed by atoms with E-state index in [1.165, 1.54) is 16.7 Å². The zero-order valence-corrected chi connectivity index (χ0v) is 16.7. The summed E-state index contributed by atoms with van der Waals surface area (Å²) in [5.41, 5.74) is -0.00161. The highest BCUT2D eigenvalue weighted by Gasteiger charge is 2.21. The van der Waals surface area contributed by atoms with Crippen molar-refractivity contribution in [2.24, 2.45) is 0 Å². The molecule has 3 rings (SSSR count). The molecule has 0 aliphatic heterocycles. The number of hydrogen-bond acceptors (Lipinski definition) is 4. The predicted molar refractivity (Wildman–Crippen MR) is 111 cm³/mol. The fraction of sp³-hybridized carbons (Fsp3) is 0.217. The molecular weight excluding hydrogens is 390 g/mol. The van der Waals surface area contributed by atoms with E-state index >= 15 is 0 Å². The van der Waals surface area contributed by atoms with Crippen molar-refractivity contribution in [1.82, 2.24) is 4.57 Å². The molecule has 0 unspecified atom stereocenters. The van der Waals surface area contributed by atoms with Gasteiger partial charge in [0.1, 0.15) is 17.5 Å². The first-order valence-corrected chi connectivity index (χ1v) is 9.55. The Hall–Kier alpha value is -3.32. The van der Waals surface area contributed by atoms with Crippen LogP contribution in [0.4, 0.5) is 14.6 Å². The quantitative estimate of drug-likeness (QED) is 0.445. The fourth-order valence-electron chi connectivity index (χ4n) is 3.01. The van der Waals surface area contributed by atoms with Crippen LogP contribution in [0.3, 0.4) is 0 Å². The lowest BCUT2D eigenvalue weighted by atomic mass is 10.0. The molecule has 7 heteroatoms. The minimum absolute atomic E-state index is 0.0216. The Labute approximate surface area is 172 Å². The number of aromatic nitrogens is 1. The maximum atomic E-state index is 14.2. The molecule has 0 fully saturated rings. The van der Waals surface area contributed by atoms with Gasteiger partial charge in [-0.25, -0.2) is 8.78 Å². The molecular formula is C23H22F2N2O3. The molecule has 0 aliphatic rings. The summed E-state index contributed by atoms with van der Waals surface area (Å²) in [7, 11) is 0. The molecule has 0 radical (unpaired) electrons. The van der Waals surface area contributed by atoms with Gasteiger partial charge in [-0.05, 0) is 44.2 Å². The standard InChI is InChI=1S/C23H22F2N2O3/c1-15(2)30-13-12-26-23-19(22(29)18-9-8-16(24)14-20(18)25)10-11-21(28)27(23)17-6-4-3-5-7-17/h3-11,14-15,26H,12-13H2,1-2H3. The molecule has 1 heterocycles. The van der Waals surface area contributed by atoms with E-state index in [0.29, 0.717) is 24.9 Å². The fourth-order valence-corrected chi connectivity index (χ4v) is 3.01. The highest BCUT2D eigenvalue weighted by atomic mass is 19.1. The summed E-state index contributed by atoms with van der Waals surface area (Å²) >= 11 is 0. The number of ketones is 1. The van der Waals surface area contributed by atoms with Gasteiger partial charge in [0, 0.05) is 18.7 Å². The molecule has 1 N–H and O–H groups in total. The molecule has 0 atom stereocenters. The number of benzene rings is 2.